The van der Waals surface area contributed by atoms with Gasteiger partial charge in [0.2, 0.25) is 5.91 Å². The van der Waals surface area contributed by atoms with Gasteiger partial charge in [-0.25, -0.2) is 0 Å². The molecule has 0 aromatic heterocycles. The molecule has 1 atom stereocenters. The van der Waals surface area contributed by atoms with E-state index in [4.69, 9.17) is 0 Å². The highest BCUT2D eigenvalue weighted by Gasteiger charge is 2.23. The third-order valence-corrected chi connectivity index (χ3v) is 3.64. The number of benzene rings is 1. The lowest BCUT2D eigenvalue weighted by atomic mass is 10.0. The molecule has 0 heterocycles. The van der Waals surface area contributed by atoms with Gasteiger partial charge in [0.05, 0.1) is 7.11 Å². The number of hydrogen-bond acceptors (Lipinski definition) is 4. The molecular weight excluding hydrogens is 280 g/mol. The van der Waals surface area contributed by atoms with Crippen molar-refractivity contribution in [3.05, 3.63) is 35.9 Å². The van der Waals surface area contributed by atoms with Gasteiger partial charge in [-0.3, -0.25) is 14.5 Å². The number of ether oxygens (including phenoxy) is 1. The molecule has 5 nitrogen and oxygen atoms in total. The van der Waals surface area contributed by atoms with E-state index in [0.29, 0.717) is 19.4 Å². The number of hydrogen-bond donors (Lipinski definition) is 1. The Bertz CT molecular complexity index is 462. The summed E-state index contributed by atoms with van der Waals surface area (Å²) in [6.45, 7) is 3.38. The van der Waals surface area contributed by atoms with Gasteiger partial charge in [0, 0.05) is 13.0 Å². The molecule has 0 radical (unpaired) electrons. The molecule has 5 heteroatoms. The lowest BCUT2D eigenvalue weighted by Crippen LogP contribution is -2.39. The Morgan fingerprint density at radius 3 is 2.50 bits per heavy atom. The molecule has 1 N–H and O–H groups in total. The monoisotopic (exact) mass is 306 g/mol. The van der Waals surface area contributed by atoms with Crippen LogP contribution in [-0.2, 0) is 14.3 Å². The van der Waals surface area contributed by atoms with Crippen molar-refractivity contribution in [3.63, 3.8) is 0 Å². The molecule has 0 saturated carbocycles. The number of nitrogens with zero attached hydrogens (tertiary/aromatic N) is 1. The summed E-state index contributed by atoms with van der Waals surface area (Å²) in [5.41, 5.74) is 0.985. The van der Waals surface area contributed by atoms with Gasteiger partial charge in [0.25, 0.3) is 0 Å². The predicted octanol–water partition coefficient (Wildman–Crippen LogP) is 2.14. The van der Waals surface area contributed by atoms with Crippen LogP contribution in [0.5, 0.6) is 0 Å². The van der Waals surface area contributed by atoms with Gasteiger partial charge < -0.3 is 10.1 Å². The Balaban J connectivity index is 2.50. The molecule has 0 saturated heterocycles. The second kappa shape index (κ2) is 9.95. The van der Waals surface area contributed by atoms with E-state index in [9.17, 15) is 9.59 Å². The van der Waals surface area contributed by atoms with Crippen molar-refractivity contribution in [2.75, 3.05) is 27.2 Å². The van der Waals surface area contributed by atoms with Crippen LogP contribution in [0.4, 0.5) is 0 Å². The van der Waals surface area contributed by atoms with Crippen molar-refractivity contribution >= 4 is 11.9 Å². The number of amides is 1. The number of methoxy groups -OCH3 is 1. The van der Waals surface area contributed by atoms with Crippen molar-refractivity contribution in [1.29, 1.82) is 0 Å². The summed E-state index contributed by atoms with van der Waals surface area (Å²) in [5.74, 6) is -0.215. The van der Waals surface area contributed by atoms with Crippen LogP contribution in [0.25, 0.3) is 0 Å². The van der Waals surface area contributed by atoms with Crippen molar-refractivity contribution < 1.29 is 14.3 Å². The average molecular weight is 306 g/mol. The van der Waals surface area contributed by atoms with Gasteiger partial charge in [0.15, 0.2) is 0 Å². The largest absolute Gasteiger partial charge is 0.469 e. The van der Waals surface area contributed by atoms with Gasteiger partial charge in [-0.15, -0.1) is 0 Å². The summed E-state index contributed by atoms with van der Waals surface area (Å²) in [6, 6.07) is 9.47. The highest BCUT2D eigenvalue weighted by atomic mass is 16.5. The van der Waals surface area contributed by atoms with Crippen LogP contribution in [0.15, 0.2) is 30.3 Å². The maximum atomic E-state index is 12.5. The van der Waals surface area contributed by atoms with E-state index in [2.05, 4.69) is 10.1 Å². The Kier molecular flexibility index (Phi) is 8.22. The number of unbranched alkanes of at least 4 members (excludes halogenated alkanes) is 1. The summed E-state index contributed by atoms with van der Waals surface area (Å²) in [4.78, 5) is 25.5. The average Bonchev–Trinajstić information content (AvgIpc) is 2.55. The molecule has 0 aliphatic carbocycles. The van der Waals surface area contributed by atoms with Crippen molar-refractivity contribution in [3.8, 4) is 0 Å². The maximum Gasteiger partial charge on any atom is 0.305 e. The molecule has 1 aromatic carbocycles. The second-order valence-electron chi connectivity index (χ2n) is 5.21. The normalized spacial score (nSPS) is 12.0. The first-order valence-corrected chi connectivity index (χ1v) is 7.69. The van der Waals surface area contributed by atoms with E-state index < -0.39 is 0 Å². The Morgan fingerprint density at radius 2 is 1.91 bits per heavy atom. The SMILES string of the molecule is CCN(C)C(C(=O)NCCCCC(=O)OC)c1ccccc1. The molecule has 0 aliphatic heterocycles. The van der Waals surface area contributed by atoms with Crippen molar-refractivity contribution in [2.45, 2.75) is 32.2 Å². The third-order valence-electron chi connectivity index (χ3n) is 3.64. The van der Waals surface area contributed by atoms with Crippen molar-refractivity contribution in [1.82, 2.24) is 10.2 Å². The van der Waals surface area contributed by atoms with Crippen molar-refractivity contribution in [2.24, 2.45) is 0 Å². The van der Waals surface area contributed by atoms with Gasteiger partial charge >= 0.3 is 5.97 Å². The minimum absolute atomic E-state index is 0.00591. The summed E-state index contributed by atoms with van der Waals surface area (Å²) < 4.78 is 4.59. The van der Waals surface area contributed by atoms with E-state index in [1.54, 1.807) is 0 Å². The molecule has 122 valence electrons. The van der Waals surface area contributed by atoms with Crippen LogP contribution < -0.4 is 5.32 Å². The number of nitrogens with one attached hydrogen (secondary N) is 1. The van der Waals surface area contributed by atoms with Crippen LogP contribution in [0.1, 0.15) is 37.8 Å². The lowest BCUT2D eigenvalue weighted by Gasteiger charge is -2.26. The molecule has 1 unspecified atom stereocenters. The Labute approximate surface area is 132 Å². The van der Waals surface area contributed by atoms with Crippen LogP contribution in [-0.4, -0.2) is 44.0 Å². The zero-order valence-corrected chi connectivity index (χ0v) is 13.7. The van der Waals surface area contributed by atoms with Crippen LogP contribution >= 0.6 is 0 Å². The van der Waals surface area contributed by atoms with E-state index >= 15 is 0 Å². The standard InChI is InChI=1S/C17H26N2O3/c1-4-19(2)16(14-10-6-5-7-11-14)17(21)18-13-9-8-12-15(20)22-3/h5-7,10-11,16H,4,8-9,12-13H2,1-3H3,(H,18,21). The van der Waals surface area contributed by atoms with Gasteiger partial charge in [-0.1, -0.05) is 37.3 Å². The number of likely N-dealkylation sites (N-methyl/N-ethyl adjacent to an activating group) is 1. The minimum atomic E-state index is -0.285. The maximum absolute atomic E-state index is 12.5. The highest BCUT2D eigenvalue weighted by molar-refractivity contribution is 5.83. The summed E-state index contributed by atoms with van der Waals surface area (Å²) in [6.07, 6.45) is 1.87. The fourth-order valence-electron chi connectivity index (χ4n) is 2.23. The van der Waals surface area contributed by atoms with Crippen LogP contribution in [0.2, 0.25) is 0 Å². The number of esters is 1. The predicted molar refractivity (Wildman–Crippen MR) is 86.4 cm³/mol. The topological polar surface area (TPSA) is 58.6 Å². The van der Waals surface area contributed by atoms with Gasteiger partial charge in [0.1, 0.15) is 6.04 Å². The third kappa shape index (κ3) is 5.85. The van der Waals surface area contributed by atoms with Gasteiger partial charge in [-0.2, -0.15) is 0 Å². The molecule has 0 aliphatic rings. The lowest BCUT2D eigenvalue weighted by molar-refractivity contribution is -0.140. The van der Waals surface area contributed by atoms with Crippen LogP contribution in [0, 0.1) is 0 Å². The Hall–Kier alpha value is -1.88. The Morgan fingerprint density at radius 1 is 1.23 bits per heavy atom. The van der Waals surface area contributed by atoms with E-state index in [-0.39, 0.29) is 17.9 Å². The number of rotatable bonds is 9. The molecule has 1 aromatic rings. The van der Waals surface area contributed by atoms with E-state index in [1.807, 2.05) is 49.2 Å². The first-order valence-electron chi connectivity index (χ1n) is 7.69. The number of carbonyl (C=O) groups excluding carboxylic acids is 2. The summed E-state index contributed by atoms with van der Waals surface area (Å²) in [5, 5.41) is 2.96. The molecule has 0 spiro atoms. The molecule has 1 rings (SSSR count). The van der Waals surface area contributed by atoms with E-state index in [0.717, 1.165) is 18.5 Å². The number of carbonyl (C=O) groups is 2. The zero-order valence-electron chi connectivity index (χ0n) is 13.7. The fraction of sp³-hybridized carbons (Fsp3) is 0.529. The first-order chi connectivity index (χ1) is 10.6. The highest BCUT2D eigenvalue weighted by Crippen LogP contribution is 2.19. The molecule has 1 amide bonds. The van der Waals surface area contributed by atoms with E-state index in [1.165, 1.54) is 7.11 Å². The quantitative estimate of drug-likeness (QED) is 0.561. The molecular formula is C17H26N2O3. The smallest absolute Gasteiger partial charge is 0.305 e. The molecule has 0 bridgehead atoms. The zero-order chi connectivity index (χ0) is 16.4. The summed E-state index contributed by atoms with van der Waals surface area (Å²) >= 11 is 0. The second-order valence-corrected chi connectivity index (χ2v) is 5.21. The van der Waals surface area contributed by atoms with Crippen LogP contribution in [0.3, 0.4) is 0 Å². The molecule has 0 fully saturated rings. The first kappa shape index (κ1) is 18.2. The fourth-order valence-corrected chi connectivity index (χ4v) is 2.23. The molecule has 22 heavy (non-hydrogen) atoms. The minimum Gasteiger partial charge on any atom is -0.469 e. The summed E-state index contributed by atoms with van der Waals surface area (Å²) in [7, 11) is 3.32. The van der Waals surface area contributed by atoms with Gasteiger partial charge in [-0.05, 0) is 32.0 Å².